The van der Waals surface area contributed by atoms with Gasteiger partial charge < -0.3 is 0 Å². The van der Waals surface area contributed by atoms with E-state index in [1.54, 1.807) is 6.07 Å². The summed E-state index contributed by atoms with van der Waals surface area (Å²) in [5.41, 5.74) is 6.54. The third-order valence-electron chi connectivity index (χ3n) is 5.26. The molecule has 4 heterocycles. The lowest BCUT2D eigenvalue weighted by atomic mass is 9.99. The molecule has 0 saturated carbocycles. The minimum Gasteiger partial charge on any atom is -0.298 e. The number of aromatic nitrogens is 2. The van der Waals surface area contributed by atoms with Crippen LogP contribution in [0.15, 0.2) is 59.7 Å². The number of halogens is 2. The van der Waals surface area contributed by atoms with Gasteiger partial charge >= 0.3 is 0 Å². The summed E-state index contributed by atoms with van der Waals surface area (Å²) in [7, 11) is 2.09. The molecule has 0 atom stereocenters. The fourth-order valence-electron chi connectivity index (χ4n) is 3.77. The number of benzene rings is 1. The zero-order chi connectivity index (χ0) is 20.0. The first kappa shape index (κ1) is 18.2. The Hall–Kier alpha value is -2.89. The Morgan fingerprint density at radius 1 is 1.07 bits per heavy atom. The molecule has 29 heavy (non-hydrogen) atoms. The van der Waals surface area contributed by atoms with E-state index in [0.717, 1.165) is 41.0 Å². The van der Waals surface area contributed by atoms with Crippen molar-refractivity contribution in [3.05, 3.63) is 82.4 Å². The smallest absolute Gasteiger partial charge is 0.132 e. The Bertz CT molecular complexity index is 1230. The zero-order valence-electron chi connectivity index (χ0n) is 15.9. The molecule has 144 valence electrons. The second kappa shape index (κ2) is 7.17. The molecule has 0 amide bonds. The van der Waals surface area contributed by atoms with Crippen LogP contribution in [0.1, 0.15) is 16.8 Å². The highest BCUT2D eigenvalue weighted by molar-refractivity contribution is 6.35. The van der Waals surface area contributed by atoms with Crippen LogP contribution >= 0.6 is 11.6 Å². The van der Waals surface area contributed by atoms with Gasteiger partial charge in [0.2, 0.25) is 0 Å². The molecule has 4 nitrogen and oxygen atoms in total. The Kier molecular flexibility index (Phi) is 4.49. The number of rotatable bonds is 3. The van der Waals surface area contributed by atoms with Gasteiger partial charge in [-0.2, -0.15) is 0 Å². The molecule has 0 unspecified atom stereocenters. The maximum absolute atomic E-state index is 14.4. The van der Waals surface area contributed by atoms with Crippen LogP contribution in [0.25, 0.3) is 22.2 Å². The number of hydrogen-bond donors (Lipinski definition) is 0. The Balaban J connectivity index is 1.54. The predicted octanol–water partition coefficient (Wildman–Crippen LogP) is 4.64. The number of pyridine rings is 2. The van der Waals surface area contributed by atoms with Crippen molar-refractivity contribution < 1.29 is 4.39 Å². The molecule has 0 spiro atoms. The standard InChI is InChI=1S/C23H18ClFN4/c1-29-9-7-14(13-29)15-10-22-21(27-12-15)5-4-20(28-22)17-6-8-26-23(17)18-11-16(24)2-3-19(18)25/h2-7,10-12H,8-9,13H2,1H3. The predicted molar refractivity (Wildman–Crippen MR) is 116 cm³/mol. The molecule has 0 fully saturated rings. The maximum atomic E-state index is 14.4. The van der Waals surface area contributed by atoms with Gasteiger partial charge in [0, 0.05) is 35.4 Å². The number of hydrogen-bond acceptors (Lipinski definition) is 4. The summed E-state index contributed by atoms with van der Waals surface area (Å²) in [6.45, 7) is 2.34. The van der Waals surface area contributed by atoms with E-state index in [2.05, 4.69) is 34.1 Å². The lowest BCUT2D eigenvalue weighted by Crippen LogP contribution is -2.13. The highest BCUT2D eigenvalue weighted by atomic mass is 35.5. The SMILES string of the molecule is CN1CC=C(c2cnc3ccc(C4=CCN=C4c4cc(Cl)ccc4F)nc3c2)C1. The zero-order valence-corrected chi connectivity index (χ0v) is 16.6. The van der Waals surface area contributed by atoms with Crippen molar-refractivity contribution in [1.29, 1.82) is 0 Å². The molecule has 0 saturated heterocycles. The van der Waals surface area contributed by atoms with E-state index in [1.165, 1.54) is 17.7 Å². The monoisotopic (exact) mass is 404 g/mol. The van der Waals surface area contributed by atoms with Gasteiger partial charge in [-0.3, -0.25) is 14.9 Å². The average Bonchev–Trinajstić information content (AvgIpc) is 3.38. The van der Waals surface area contributed by atoms with Crippen LogP contribution < -0.4 is 0 Å². The first-order chi connectivity index (χ1) is 14.1. The molecule has 0 bridgehead atoms. The van der Waals surface area contributed by atoms with Crippen molar-refractivity contribution in [2.45, 2.75) is 0 Å². The number of fused-ring (bicyclic) bond motifs is 1. The average molecular weight is 405 g/mol. The molecule has 5 rings (SSSR count). The highest BCUT2D eigenvalue weighted by Gasteiger charge is 2.21. The van der Waals surface area contributed by atoms with Crippen LogP contribution in [0.3, 0.4) is 0 Å². The topological polar surface area (TPSA) is 41.4 Å². The third-order valence-corrected chi connectivity index (χ3v) is 5.49. The molecule has 1 aromatic carbocycles. The number of allylic oxidation sites excluding steroid dienone is 1. The van der Waals surface area contributed by atoms with Crippen molar-refractivity contribution in [2.24, 2.45) is 4.99 Å². The highest BCUT2D eigenvalue weighted by Crippen LogP contribution is 2.28. The van der Waals surface area contributed by atoms with Crippen LogP contribution in [0.5, 0.6) is 0 Å². The van der Waals surface area contributed by atoms with Gasteiger partial charge in [0.25, 0.3) is 0 Å². The van der Waals surface area contributed by atoms with Crippen LogP contribution in [0.4, 0.5) is 4.39 Å². The van der Waals surface area contributed by atoms with Gasteiger partial charge in [-0.25, -0.2) is 9.37 Å². The molecule has 0 aliphatic carbocycles. The second-order valence-corrected chi connectivity index (χ2v) is 7.75. The minimum atomic E-state index is -0.344. The molecule has 2 aliphatic heterocycles. The van der Waals surface area contributed by atoms with Gasteiger partial charge in [-0.05, 0) is 54.6 Å². The van der Waals surface area contributed by atoms with E-state index >= 15 is 0 Å². The summed E-state index contributed by atoms with van der Waals surface area (Å²) in [5, 5.41) is 0.477. The molecular formula is C23H18ClFN4. The number of nitrogens with zero attached hydrogens (tertiary/aromatic N) is 4. The van der Waals surface area contributed by atoms with Gasteiger partial charge in [-0.1, -0.05) is 23.8 Å². The van der Waals surface area contributed by atoms with Crippen LogP contribution in [0, 0.1) is 5.82 Å². The fourth-order valence-corrected chi connectivity index (χ4v) is 3.94. The van der Waals surface area contributed by atoms with E-state index in [0.29, 0.717) is 22.8 Å². The van der Waals surface area contributed by atoms with Crippen LogP contribution in [0.2, 0.25) is 5.02 Å². The van der Waals surface area contributed by atoms with Crippen molar-refractivity contribution in [3.63, 3.8) is 0 Å². The molecule has 0 N–H and O–H groups in total. The Morgan fingerprint density at radius 2 is 1.97 bits per heavy atom. The molecule has 6 heteroatoms. The summed E-state index contributed by atoms with van der Waals surface area (Å²) < 4.78 is 14.4. The normalized spacial score (nSPS) is 16.9. The molecule has 2 aliphatic rings. The summed E-state index contributed by atoms with van der Waals surface area (Å²) in [6.07, 6.45) is 6.09. The molecule has 0 radical (unpaired) electrons. The first-order valence-electron chi connectivity index (χ1n) is 9.44. The van der Waals surface area contributed by atoms with E-state index in [1.807, 2.05) is 24.4 Å². The van der Waals surface area contributed by atoms with Gasteiger partial charge in [-0.15, -0.1) is 0 Å². The second-order valence-electron chi connectivity index (χ2n) is 7.32. The van der Waals surface area contributed by atoms with Crippen molar-refractivity contribution in [3.8, 4) is 0 Å². The quantitative estimate of drug-likeness (QED) is 0.638. The Labute approximate surface area is 173 Å². The maximum Gasteiger partial charge on any atom is 0.132 e. The number of likely N-dealkylation sites (N-methyl/N-ethyl adjacent to an activating group) is 1. The molecule has 2 aromatic heterocycles. The largest absolute Gasteiger partial charge is 0.298 e. The lowest BCUT2D eigenvalue weighted by Gasteiger charge is -2.11. The van der Waals surface area contributed by atoms with E-state index in [9.17, 15) is 4.39 Å². The summed E-state index contributed by atoms with van der Waals surface area (Å²) in [4.78, 5) is 16.1. The summed E-state index contributed by atoms with van der Waals surface area (Å²) in [6, 6.07) is 10.4. The fraction of sp³-hybridized carbons (Fsp3) is 0.174. The van der Waals surface area contributed by atoms with Crippen molar-refractivity contribution >= 4 is 39.5 Å². The third kappa shape index (κ3) is 3.37. The lowest BCUT2D eigenvalue weighted by molar-refractivity contribution is 0.438. The van der Waals surface area contributed by atoms with Crippen LogP contribution in [-0.2, 0) is 0 Å². The summed E-state index contributed by atoms with van der Waals surface area (Å²) >= 11 is 6.08. The summed E-state index contributed by atoms with van der Waals surface area (Å²) in [5.74, 6) is -0.344. The van der Waals surface area contributed by atoms with E-state index in [-0.39, 0.29) is 5.82 Å². The van der Waals surface area contributed by atoms with E-state index < -0.39 is 0 Å². The Morgan fingerprint density at radius 3 is 2.79 bits per heavy atom. The van der Waals surface area contributed by atoms with Crippen molar-refractivity contribution in [2.75, 3.05) is 26.7 Å². The minimum absolute atomic E-state index is 0.344. The first-order valence-corrected chi connectivity index (χ1v) is 9.82. The van der Waals surface area contributed by atoms with Crippen LogP contribution in [-0.4, -0.2) is 47.3 Å². The van der Waals surface area contributed by atoms with Crippen molar-refractivity contribution in [1.82, 2.24) is 14.9 Å². The molecule has 3 aromatic rings. The van der Waals surface area contributed by atoms with Gasteiger partial charge in [0.05, 0.1) is 29.0 Å². The van der Waals surface area contributed by atoms with Gasteiger partial charge in [0.15, 0.2) is 0 Å². The molecular weight excluding hydrogens is 387 g/mol. The van der Waals surface area contributed by atoms with E-state index in [4.69, 9.17) is 16.6 Å². The van der Waals surface area contributed by atoms with Gasteiger partial charge in [0.1, 0.15) is 5.82 Å². The number of aliphatic imine (C=N–C) groups is 1.